The number of carbonyl (C=O) groups is 1. The number of carbonyl (C=O) groups excluding carboxylic acids is 1. The fourth-order valence-electron chi connectivity index (χ4n) is 1.64. The van der Waals surface area contributed by atoms with Gasteiger partial charge in [-0.3, -0.25) is 4.79 Å². The SMILES string of the molecule is CCC(C)(C)C(=O)OC(CN(C)C)c1ccccc1. The monoisotopic (exact) mass is 263 g/mol. The molecular formula is C16H25NO2. The first-order valence-electron chi connectivity index (χ1n) is 6.77. The molecule has 0 aromatic heterocycles. The van der Waals surface area contributed by atoms with Gasteiger partial charge < -0.3 is 9.64 Å². The highest BCUT2D eigenvalue weighted by Crippen LogP contribution is 2.26. The Bertz CT molecular complexity index is 398. The first-order chi connectivity index (χ1) is 8.86. The van der Waals surface area contributed by atoms with E-state index in [1.165, 1.54) is 0 Å². The van der Waals surface area contributed by atoms with E-state index in [1.807, 2.05) is 70.1 Å². The minimum absolute atomic E-state index is 0.134. The molecule has 3 heteroatoms. The van der Waals surface area contributed by atoms with Gasteiger partial charge in [0, 0.05) is 6.54 Å². The predicted molar refractivity (Wildman–Crippen MR) is 77.9 cm³/mol. The molecule has 0 aliphatic carbocycles. The summed E-state index contributed by atoms with van der Waals surface area (Å²) in [5, 5.41) is 0. The van der Waals surface area contributed by atoms with Crippen LogP contribution in [0.5, 0.6) is 0 Å². The number of likely N-dealkylation sites (N-methyl/N-ethyl adjacent to an activating group) is 1. The zero-order valence-corrected chi connectivity index (χ0v) is 12.6. The molecule has 0 saturated heterocycles. The fourth-order valence-corrected chi connectivity index (χ4v) is 1.64. The molecule has 0 aliphatic heterocycles. The average molecular weight is 263 g/mol. The molecule has 0 saturated carbocycles. The average Bonchev–Trinajstić information content (AvgIpc) is 2.38. The first-order valence-corrected chi connectivity index (χ1v) is 6.77. The Balaban J connectivity index is 2.85. The second-order valence-corrected chi connectivity index (χ2v) is 5.80. The van der Waals surface area contributed by atoms with E-state index in [-0.39, 0.29) is 12.1 Å². The van der Waals surface area contributed by atoms with E-state index >= 15 is 0 Å². The van der Waals surface area contributed by atoms with Crippen molar-refractivity contribution in [1.82, 2.24) is 4.90 Å². The minimum atomic E-state index is -0.431. The maximum Gasteiger partial charge on any atom is 0.312 e. The molecule has 1 rings (SSSR count). The highest BCUT2D eigenvalue weighted by molar-refractivity contribution is 5.76. The third-order valence-corrected chi connectivity index (χ3v) is 3.39. The summed E-state index contributed by atoms with van der Waals surface area (Å²) in [7, 11) is 3.96. The Hall–Kier alpha value is -1.35. The van der Waals surface area contributed by atoms with Crippen LogP contribution in [-0.2, 0) is 9.53 Å². The molecule has 1 atom stereocenters. The molecule has 0 amide bonds. The van der Waals surface area contributed by atoms with Crippen molar-refractivity contribution in [3.8, 4) is 0 Å². The molecule has 0 heterocycles. The van der Waals surface area contributed by atoms with Gasteiger partial charge >= 0.3 is 5.97 Å². The summed E-state index contributed by atoms with van der Waals surface area (Å²) >= 11 is 0. The summed E-state index contributed by atoms with van der Waals surface area (Å²) in [5.74, 6) is -0.134. The maximum absolute atomic E-state index is 12.2. The van der Waals surface area contributed by atoms with Crippen LogP contribution in [0.15, 0.2) is 30.3 Å². The van der Waals surface area contributed by atoms with Crippen molar-refractivity contribution in [3.63, 3.8) is 0 Å². The van der Waals surface area contributed by atoms with E-state index in [1.54, 1.807) is 0 Å². The number of hydrogen-bond donors (Lipinski definition) is 0. The molecule has 1 aromatic carbocycles. The van der Waals surface area contributed by atoms with Crippen LogP contribution in [0.2, 0.25) is 0 Å². The number of ether oxygens (including phenoxy) is 1. The van der Waals surface area contributed by atoms with Crippen LogP contribution in [0.25, 0.3) is 0 Å². The second-order valence-electron chi connectivity index (χ2n) is 5.80. The number of nitrogens with zero attached hydrogens (tertiary/aromatic N) is 1. The molecular weight excluding hydrogens is 238 g/mol. The number of esters is 1. The Morgan fingerprint density at radius 2 is 1.84 bits per heavy atom. The van der Waals surface area contributed by atoms with Gasteiger partial charge in [0.05, 0.1) is 5.41 Å². The second kappa shape index (κ2) is 6.71. The lowest BCUT2D eigenvalue weighted by Gasteiger charge is -2.27. The molecule has 1 unspecified atom stereocenters. The quantitative estimate of drug-likeness (QED) is 0.738. The Labute approximate surface area is 116 Å². The molecule has 0 bridgehead atoms. The van der Waals surface area contributed by atoms with Crippen molar-refractivity contribution in [2.75, 3.05) is 20.6 Å². The van der Waals surface area contributed by atoms with Crippen molar-refractivity contribution in [1.29, 1.82) is 0 Å². The summed E-state index contributed by atoms with van der Waals surface area (Å²) in [6.07, 6.45) is 0.560. The third-order valence-electron chi connectivity index (χ3n) is 3.39. The van der Waals surface area contributed by atoms with Crippen LogP contribution < -0.4 is 0 Å². The summed E-state index contributed by atoms with van der Waals surface area (Å²) < 4.78 is 5.72. The smallest absolute Gasteiger partial charge is 0.312 e. The lowest BCUT2D eigenvalue weighted by atomic mass is 9.90. The molecule has 3 nitrogen and oxygen atoms in total. The van der Waals surface area contributed by atoms with Crippen molar-refractivity contribution in [2.24, 2.45) is 5.41 Å². The number of benzene rings is 1. The summed E-state index contributed by atoms with van der Waals surface area (Å²) in [6, 6.07) is 9.91. The van der Waals surface area contributed by atoms with Gasteiger partial charge in [-0.05, 0) is 39.9 Å². The maximum atomic E-state index is 12.2. The van der Waals surface area contributed by atoms with Crippen LogP contribution in [0.4, 0.5) is 0 Å². The molecule has 19 heavy (non-hydrogen) atoms. The van der Waals surface area contributed by atoms with Gasteiger partial charge in [0.25, 0.3) is 0 Å². The van der Waals surface area contributed by atoms with Gasteiger partial charge in [-0.25, -0.2) is 0 Å². The summed E-state index contributed by atoms with van der Waals surface area (Å²) in [6.45, 7) is 6.54. The fraction of sp³-hybridized carbons (Fsp3) is 0.562. The first kappa shape index (κ1) is 15.7. The lowest BCUT2D eigenvalue weighted by molar-refractivity contribution is -0.161. The summed E-state index contributed by atoms with van der Waals surface area (Å²) in [5.41, 5.74) is 0.607. The zero-order valence-electron chi connectivity index (χ0n) is 12.6. The summed E-state index contributed by atoms with van der Waals surface area (Å²) in [4.78, 5) is 14.3. The van der Waals surface area contributed by atoms with Gasteiger partial charge in [-0.2, -0.15) is 0 Å². The lowest BCUT2D eigenvalue weighted by Crippen LogP contribution is -2.31. The van der Waals surface area contributed by atoms with E-state index < -0.39 is 5.41 Å². The highest BCUT2D eigenvalue weighted by atomic mass is 16.5. The van der Waals surface area contributed by atoms with Gasteiger partial charge in [-0.1, -0.05) is 37.3 Å². The van der Waals surface area contributed by atoms with Crippen LogP contribution in [0, 0.1) is 5.41 Å². The van der Waals surface area contributed by atoms with Crippen LogP contribution >= 0.6 is 0 Å². The van der Waals surface area contributed by atoms with Gasteiger partial charge in [0.1, 0.15) is 6.10 Å². The molecule has 0 fully saturated rings. The third kappa shape index (κ3) is 4.67. The molecule has 0 spiro atoms. The van der Waals surface area contributed by atoms with Gasteiger partial charge in [0.15, 0.2) is 0 Å². The minimum Gasteiger partial charge on any atom is -0.456 e. The molecule has 106 valence electrons. The Morgan fingerprint density at radius 3 is 2.32 bits per heavy atom. The standard InChI is InChI=1S/C16H25NO2/c1-6-16(2,3)15(18)19-14(12-17(4)5)13-10-8-7-9-11-13/h7-11,14H,6,12H2,1-5H3. The number of hydrogen-bond acceptors (Lipinski definition) is 3. The van der Waals surface area contributed by atoms with E-state index in [4.69, 9.17) is 4.74 Å². The highest BCUT2D eigenvalue weighted by Gasteiger charge is 2.30. The molecule has 0 N–H and O–H groups in total. The zero-order chi connectivity index (χ0) is 14.5. The van der Waals surface area contributed by atoms with Gasteiger partial charge in [-0.15, -0.1) is 0 Å². The topological polar surface area (TPSA) is 29.5 Å². The normalized spacial score (nSPS) is 13.4. The van der Waals surface area contributed by atoms with Crippen LogP contribution in [-0.4, -0.2) is 31.5 Å². The van der Waals surface area contributed by atoms with Gasteiger partial charge in [0.2, 0.25) is 0 Å². The largest absolute Gasteiger partial charge is 0.456 e. The van der Waals surface area contributed by atoms with E-state index in [0.717, 1.165) is 12.0 Å². The van der Waals surface area contributed by atoms with Crippen molar-refractivity contribution in [3.05, 3.63) is 35.9 Å². The van der Waals surface area contributed by atoms with Crippen molar-refractivity contribution in [2.45, 2.75) is 33.3 Å². The number of rotatable bonds is 6. The molecule has 0 aliphatic rings. The Morgan fingerprint density at radius 1 is 1.26 bits per heavy atom. The molecule has 1 aromatic rings. The van der Waals surface area contributed by atoms with E-state index in [2.05, 4.69) is 0 Å². The van der Waals surface area contributed by atoms with E-state index in [9.17, 15) is 4.79 Å². The molecule has 0 radical (unpaired) electrons. The van der Waals surface area contributed by atoms with Crippen molar-refractivity contribution < 1.29 is 9.53 Å². The van der Waals surface area contributed by atoms with Crippen LogP contribution in [0.1, 0.15) is 38.9 Å². The van der Waals surface area contributed by atoms with Crippen LogP contribution in [0.3, 0.4) is 0 Å². The van der Waals surface area contributed by atoms with E-state index in [0.29, 0.717) is 6.54 Å². The predicted octanol–water partition coefficient (Wildman–Crippen LogP) is 3.27. The van der Waals surface area contributed by atoms with Crippen molar-refractivity contribution >= 4 is 5.97 Å². The Kier molecular flexibility index (Phi) is 5.55.